The van der Waals surface area contributed by atoms with Gasteiger partial charge in [0.05, 0.1) is 12.1 Å². The largest absolute Gasteiger partial charge is 0.460 e. The van der Waals surface area contributed by atoms with Crippen LogP contribution in [-0.2, 0) is 26.6 Å². The van der Waals surface area contributed by atoms with Crippen LogP contribution in [0.1, 0.15) is 32.9 Å². The topological polar surface area (TPSA) is 90.3 Å². The molecule has 0 unspecified atom stereocenters. The number of aromatic nitrogens is 2. The van der Waals surface area contributed by atoms with Crippen LogP contribution in [0.25, 0.3) is 0 Å². The van der Waals surface area contributed by atoms with Gasteiger partial charge >= 0.3 is 5.97 Å². The Kier molecular flexibility index (Phi) is 5.40. The molecule has 0 atom stereocenters. The highest BCUT2D eigenvalue weighted by Gasteiger charge is 2.25. The minimum Gasteiger partial charge on any atom is -0.460 e. The fourth-order valence-corrected chi connectivity index (χ4v) is 3.45. The summed E-state index contributed by atoms with van der Waals surface area (Å²) in [6, 6.07) is 0. The van der Waals surface area contributed by atoms with Crippen molar-refractivity contribution < 1.29 is 17.9 Å². The zero-order valence-corrected chi connectivity index (χ0v) is 14.3. The van der Waals surface area contributed by atoms with Crippen molar-refractivity contribution in [2.75, 3.05) is 6.54 Å². The highest BCUT2D eigenvalue weighted by molar-refractivity contribution is 7.89. The van der Waals surface area contributed by atoms with Gasteiger partial charge < -0.3 is 4.74 Å². The first-order valence-corrected chi connectivity index (χ1v) is 8.21. The third-order valence-electron chi connectivity index (χ3n) is 2.41. The van der Waals surface area contributed by atoms with Crippen molar-refractivity contribution in [1.82, 2.24) is 14.5 Å². The SMILES string of the molecule is Cc1nn(C)c(Cl)c1S(=O)(=O)NCCC(=O)OC(C)(C)C. The highest BCUT2D eigenvalue weighted by Crippen LogP contribution is 2.23. The van der Waals surface area contributed by atoms with Gasteiger partial charge in [-0.25, -0.2) is 13.1 Å². The molecule has 0 aliphatic carbocycles. The summed E-state index contributed by atoms with van der Waals surface area (Å²) in [6.45, 7) is 6.71. The second-order valence-electron chi connectivity index (χ2n) is 5.56. The Labute approximate surface area is 129 Å². The van der Waals surface area contributed by atoms with Gasteiger partial charge in [-0.3, -0.25) is 9.48 Å². The number of carbonyl (C=O) groups excluding carboxylic acids is 1. The summed E-state index contributed by atoms with van der Waals surface area (Å²) in [5.41, 5.74) is -0.300. The summed E-state index contributed by atoms with van der Waals surface area (Å²) in [5, 5.41) is 3.97. The molecule has 0 aliphatic heterocycles. The average molecular weight is 338 g/mol. The molecule has 1 N–H and O–H groups in total. The zero-order valence-electron chi connectivity index (χ0n) is 12.7. The van der Waals surface area contributed by atoms with E-state index < -0.39 is 21.6 Å². The van der Waals surface area contributed by atoms with Crippen LogP contribution in [0.15, 0.2) is 4.90 Å². The number of esters is 1. The number of nitrogens with zero attached hydrogens (tertiary/aromatic N) is 2. The number of rotatable bonds is 5. The van der Waals surface area contributed by atoms with E-state index >= 15 is 0 Å². The van der Waals surface area contributed by atoms with Crippen LogP contribution in [0, 0.1) is 6.92 Å². The average Bonchev–Trinajstić information content (AvgIpc) is 2.50. The van der Waals surface area contributed by atoms with Crippen LogP contribution < -0.4 is 4.72 Å². The van der Waals surface area contributed by atoms with E-state index in [-0.39, 0.29) is 23.0 Å². The van der Waals surface area contributed by atoms with E-state index in [4.69, 9.17) is 16.3 Å². The highest BCUT2D eigenvalue weighted by atomic mass is 35.5. The molecule has 9 heteroatoms. The lowest BCUT2D eigenvalue weighted by Crippen LogP contribution is -2.30. The second kappa shape index (κ2) is 6.33. The summed E-state index contributed by atoms with van der Waals surface area (Å²) in [6.07, 6.45) is -0.0621. The van der Waals surface area contributed by atoms with E-state index in [1.54, 1.807) is 34.7 Å². The van der Waals surface area contributed by atoms with Crippen LogP contribution in [0.3, 0.4) is 0 Å². The second-order valence-corrected chi connectivity index (χ2v) is 7.62. The van der Waals surface area contributed by atoms with Crippen LogP contribution >= 0.6 is 11.6 Å². The lowest BCUT2D eigenvalue weighted by molar-refractivity contribution is -0.154. The molecule has 0 saturated heterocycles. The third-order valence-corrected chi connectivity index (χ3v) is 4.57. The first-order valence-electron chi connectivity index (χ1n) is 6.34. The molecule has 0 amide bonds. The standard InChI is InChI=1S/C12H20ClN3O4S/c1-8-10(11(13)16(5)15-8)21(18,19)14-7-6-9(17)20-12(2,3)4/h14H,6-7H2,1-5H3. The number of halogens is 1. The Bertz CT molecular complexity index is 632. The number of carbonyl (C=O) groups is 1. The van der Waals surface area contributed by atoms with E-state index in [0.29, 0.717) is 5.69 Å². The summed E-state index contributed by atoms with van der Waals surface area (Å²) in [4.78, 5) is 11.4. The van der Waals surface area contributed by atoms with Gasteiger partial charge in [0.15, 0.2) is 0 Å². The predicted octanol–water partition coefficient (Wildman–Crippen LogP) is 1.39. The molecule has 7 nitrogen and oxygen atoms in total. The molecule has 0 fully saturated rings. The van der Waals surface area contributed by atoms with Crippen molar-refractivity contribution in [2.24, 2.45) is 7.05 Å². The van der Waals surface area contributed by atoms with Crippen molar-refractivity contribution in [1.29, 1.82) is 0 Å². The number of ether oxygens (including phenoxy) is 1. The van der Waals surface area contributed by atoms with Gasteiger partial charge in [0.2, 0.25) is 10.0 Å². The normalized spacial score (nSPS) is 12.5. The fraction of sp³-hybridized carbons (Fsp3) is 0.667. The minimum absolute atomic E-state index is 0.0252. The third kappa shape index (κ3) is 4.98. The maximum Gasteiger partial charge on any atom is 0.307 e. The van der Waals surface area contributed by atoms with E-state index in [2.05, 4.69) is 9.82 Å². The molecule has 21 heavy (non-hydrogen) atoms. The molecule has 0 aliphatic rings. The molecular formula is C12H20ClN3O4S. The van der Waals surface area contributed by atoms with Gasteiger partial charge in [0.25, 0.3) is 0 Å². The first-order chi connectivity index (χ1) is 9.44. The number of hydrogen-bond acceptors (Lipinski definition) is 5. The van der Waals surface area contributed by atoms with Crippen LogP contribution in [0.5, 0.6) is 0 Å². The van der Waals surface area contributed by atoms with E-state index in [0.717, 1.165) is 0 Å². The summed E-state index contributed by atoms with van der Waals surface area (Å²) in [5.74, 6) is -0.473. The summed E-state index contributed by atoms with van der Waals surface area (Å²) in [7, 11) is -2.26. The first kappa shape index (κ1) is 17.9. The maximum absolute atomic E-state index is 12.2. The summed E-state index contributed by atoms with van der Waals surface area (Å²) < 4.78 is 33.0. The molecule has 0 bridgehead atoms. The van der Waals surface area contributed by atoms with E-state index in [1.165, 1.54) is 4.68 Å². The number of aryl methyl sites for hydroxylation is 2. The fourth-order valence-electron chi connectivity index (χ4n) is 1.67. The monoisotopic (exact) mass is 337 g/mol. The zero-order chi connectivity index (χ0) is 16.4. The Morgan fingerprint density at radius 1 is 1.43 bits per heavy atom. The van der Waals surface area contributed by atoms with Gasteiger partial charge in [-0.05, 0) is 27.7 Å². The Morgan fingerprint density at radius 2 is 2.00 bits per heavy atom. The maximum atomic E-state index is 12.2. The van der Waals surface area contributed by atoms with Gasteiger partial charge in [-0.15, -0.1) is 0 Å². The quantitative estimate of drug-likeness (QED) is 0.820. The van der Waals surface area contributed by atoms with Crippen LogP contribution in [0.4, 0.5) is 0 Å². The number of hydrogen-bond donors (Lipinski definition) is 1. The van der Waals surface area contributed by atoms with Crippen LogP contribution in [-0.4, -0.2) is 36.3 Å². The Hall–Kier alpha value is -1.12. The lowest BCUT2D eigenvalue weighted by Gasteiger charge is -2.19. The Morgan fingerprint density at radius 3 is 2.43 bits per heavy atom. The smallest absolute Gasteiger partial charge is 0.307 e. The molecule has 0 radical (unpaired) electrons. The molecule has 0 spiro atoms. The van der Waals surface area contributed by atoms with Crippen molar-refractivity contribution in [3.8, 4) is 0 Å². The number of nitrogens with one attached hydrogen (secondary N) is 1. The van der Waals surface area contributed by atoms with Crippen molar-refractivity contribution in [3.63, 3.8) is 0 Å². The molecule has 1 aromatic rings. The molecule has 0 aromatic carbocycles. The predicted molar refractivity (Wildman–Crippen MR) is 78.6 cm³/mol. The molecule has 0 saturated carbocycles. The van der Waals surface area contributed by atoms with Crippen LogP contribution in [0.2, 0.25) is 5.15 Å². The van der Waals surface area contributed by atoms with Gasteiger partial charge in [-0.2, -0.15) is 5.10 Å². The Balaban J connectivity index is 2.69. The van der Waals surface area contributed by atoms with E-state index in [9.17, 15) is 13.2 Å². The van der Waals surface area contributed by atoms with Gasteiger partial charge in [0, 0.05) is 13.6 Å². The minimum atomic E-state index is -3.81. The van der Waals surface area contributed by atoms with Gasteiger partial charge in [-0.1, -0.05) is 11.6 Å². The molecular weight excluding hydrogens is 318 g/mol. The molecule has 1 rings (SSSR count). The van der Waals surface area contributed by atoms with E-state index in [1.807, 2.05) is 0 Å². The molecule has 1 aromatic heterocycles. The summed E-state index contributed by atoms with van der Waals surface area (Å²) >= 11 is 5.92. The van der Waals surface area contributed by atoms with Crippen molar-refractivity contribution in [2.45, 2.75) is 44.6 Å². The molecule has 1 heterocycles. The van der Waals surface area contributed by atoms with Crippen molar-refractivity contribution in [3.05, 3.63) is 10.8 Å². The van der Waals surface area contributed by atoms with Gasteiger partial charge in [0.1, 0.15) is 15.6 Å². The lowest BCUT2D eigenvalue weighted by atomic mass is 10.2. The number of sulfonamides is 1. The molecule has 120 valence electrons. The van der Waals surface area contributed by atoms with Crippen molar-refractivity contribution >= 4 is 27.6 Å².